The summed E-state index contributed by atoms with van der Waals surface area (Å²) in [6, 6.07) is 55.5. The topological polar surface area (TPSA) is 4.93 Å². The second-order valence-corrected chi connectivity index (χ2v) is 12.1. The number of aromatic nitrogens is 1. The Bertz CT molecular complexity index is 2300. The smallest absolute Gasteiger partial charge is 0.0547 e. The zero-order valence-electron chi connectivity index (χ0n) is 22.8. The number of para-hydroxylation sites is 2. The summed E-state index contributed by atoms with van der Waals surface area (Å²) in [5, 5.41) is 5.23. The summed E-state index contributed by atoms with van der Waals surface area (Å²) in [6.45, 7) is 0. The maximum atomic E-state index is 2.38. The van der Waals surface area contributed by atoms with Crippen LogP contribution in [0.25, 0.3) is 71.6 Å². The van der Waals surface area contributed by atoms with Crippen molar-refractivity contribution in [1.29, 1.82) is 0 Å². The third kappa shape index (κ3) is 3.59. The molecule has 0 unspecified atom stereocenters. The predicted octanol–water partition coefficient (Wildman–Crippen LogP) is 11.4. The van der Waals surface area contributed by atoms with Gasteiger partial charge in [-0.3, -0.25) is 0 Å². The molecule has 196 valence electrons. The minimum Gasteiger partial charge on any atom is -0.309 e. The molecular formula is C40H25NS. The summed E-state index contributed by atoms with van der Waals surface area (Å²) in [5.41, 5.74) is 11.2. The van der Waals surface area contributed by atoms with Crippen molar-refractivity contribution in [2.75, 3.05) is 0 Å². The molecule has 8 aromatic rings. The van der Waals surface area contributed by atoms with Crippen molar-refractivity contribution in [2.24, 2.45) is 0 Å². The maximum Gasteiger partial charge on any atom is 0.0547 e. The lowest BCUT2D eigenvalue weighted by Gasteiger charge is -2.21. The minimum atomic E-state index is 1.18. The highest BCUT2D eigenvalue weighted by atomic mass is 32.2. The zero-order chi connectivity index (χ0) is 27.6. The van der Waals surface area contributed by atoms with Gasteiger partial charge in [0.15, 0.2) is 0 Å². The van der Waals surface area contributed by atoms with Crippen molar-refractivity contribution in [3.63, 3.8) is 0 Å². The van der Waals surface area contributed by atoms with E-state index in [0.29, 0.717) is 0 Å². The molecule has 1 nitrogen and oxygen atoms in total. The molecule has 0 bridgehead atoms. The Balaban J connectivity index is 1.13. The summed E-state index contributed by atoms with van der Waals surface area (Å²) >= 11 is 1.88. The van der Waals surface area contributed by atoms with Gasteiger partial charge in [-0.05, 0) is 81.2 Å². The van der Waals surface area contributed by atoms with Crippen molar-refractivity contribution >= 4 is 44.3 Å². The van der Waals surface area contributed by atoms with Crippen molar-refractivity contribution < 1.29 is 0 Å². The third-order valence-electron chi connectivity index (χ3n) is 8.60. The van der Waals surface area contributed by atoms with Crippen LogP contribution >= 0.6 is 11.8 Å². The van der Waals surface area contributed by atoms with Crippen LogP contribution in [-0.4, -0.2) is 4.57 Å². The lowest BCUT2D eigenvalue weighted by molar-refractivity contribution is 1.18. The molecule has 1 aliphatic rings. The number of hydrogen-bond acceptors (Lipinski definition) is 1. The van der Waals surface area contributed by atoms with Gasteiger partial charge in [-0.25, -0.2) is 0 Å². The average Bonchev–Trinajstić information content (AvgIpc) is 3.39. The Morgan fingerprint density at radius 3 is 1.90 bits per heavy atom. The summed E-state index contributed by atoms with van der Waals surface area (Å²) in [6.07, 6.45) is 0. The number of benzene rings is 7. The lowest BCUT2D eigenvalue weighted by atomic mass is 9.94. The van der Waals surface area contributed by atoms with E-state index < -0.39 is 0 Å². The maximum absolute atomic E-state index is 2.38. The van der Waals surface area contributed by atoms with E-state index in [-0.39, 0.29) is 0 Å². The van der Waals surface area contributed by atoms with Crippen LogP contribution in [0.3, 0.4) is 0 Å². The fraction of sp³-hybridized carbons (Fsp3) is 0. The lowest BCUT2D eigenvalue weighted by Crippen LogP contribution is -1.93. The van der Waals surface area contributed by atoms with Gasteiger partial charge in [-0.15, -0.1) is 0 Å². The van der Waals surface area contributed by atoms with Gasteiger partial charge in [0.2, 0.25) is 0 Å². The molecule has 0 saturated heterocycles. The van der Waals surface area contributed by atoms with E-state index in [2.05, 4.69) is 156 Å². The molecule has 9 rings (SSSR count). The van der Waals surface area contributed by atoms with Crippen molar-refractivity contribution in [3.05, 3.63) is 152 Å². The second-order valence-electron chi connectivity index (χ2n) is 11.0. The molecule has 0 radical (unpaired) electrons. The van der Waals surface area contributed by atoms with E-state index in [1.807, 2.05) is 11.8 Å². The largest absolute Gasteiger partial charge is 0.309 e. The molecule has 0 aliphatic carbocycles. The third-order valence-corrected chi connectivity index (χ3v) is 9.73. The summed E-state index contributed by atoms with van der Waals surface area (Å²) in [5.74, 6) is 0. The van der Waals surface area contributed by atoms with Crippen LogP contribution < -0.4 is 0 Å². The highest BCUT2D eigenvalue weighted by Gasteiger charge is 2.19. The van der Waals surface area contributed by atoms with E-state index in [1.54, 1.807) is 0 Å². The average molecular weight is 552 g/mol. The fourth-order valence-electron chi connectivity index (χ4n) is 6.60. The van der Waals surface area contributed by atoms with Crippen LogP contribution in [0.15, 0.2) is 161 Å². The Hall–Kier alpha value is -5.05. The number of rotatable bonds is 3. The molecule has 0 spiro atoms. The van der Waals surface area contributed by atoms with Gasteiger partial charge in [-0.2, -0.15) is 0 Å². The van der Waals surface area contributed by atoms with Gasteiger partial charge >= 0.3 is 0 Å². The van der Waals surface area contributed by atoms with Crippen molar-refractivity contribution in [2.45, 2.75) is 9.79 Å². The molecule has 0 N–H and O–H groups in total. The van der Waals surface area contributed by atoms with Gasteiger partial charge < -0.3 is 4.57 Å². The molecule has 0 saturated carbocycles. The highest BCUT2D eigenvalue weighted by molar-refractivity contribution is 7.99. The summed E-state index contributed by atoms with van der Waals surface area (Å²) < 4.78 is 2.38. The molecule has 2 heterocycles. The van der Waals surface area contributed by atoms with Crippen LogP contribution in [0.1, 0.15) is 0 Å². The summed E-state index contributed by atoms with van der Waals surface area (Å²) in [4.78, 5) is 2.67. The van der Waals surface area contributed by atoms with E-state index >= 15 is 0 Å². The minimum absolute atomic E-state index is 1.18. The number of nitrogens with zero attached hydrogens (tertiary/aromatic N) is 1. The Morgan fingerprint density at radius 2 is 1.07 bits per heavy atom. The van der Waals surface area contributed by atoms with Gasteiger partial charge in [0, 0.05) is 31.6 Å². The first-order valence-electron chi connectivity index (χ1n) is 14.4. The quantitative estimate of drug-likeness (QED) is 0.211. The van der Waals surface area contributed by atoms with Crippen molar-refractivity contribution in [3.8, 4) is 39.1 Å². The first-order valence-corrected chi connectivity index (χ1v) is 15.2. The normalized spacial score (nSPS) is 12.2. The van der Waals surface area contributed by atoms with E-state index in [4.69, 9.17) is 0 Å². The molecule has 7 aromatic carbocycles. The van der Waals surface area contributed by atoms with E-state index in [0.717, 1.165) is 0 Å². The predicted molar refractivity (Wildman–Crippen MR) is 179 cm³/mol. The van der Waals surface area contributed by atoms with Crippen LogP contribution in [0.5, 0.6) is 0 Å². The molecule has 1 aromatic heterocycles. The van der Waals surface area contributed by atoms with Gasteiger partial charge in [0.05, 0.1) is 11.0 Å². The van der Waals surface area contributed by atoms with Crippen LogP contribution in [0, 0.1) is 0 Å². The molecule has 0 amide bonds. The van der Waals surface area contributed by atoms with Gasteiger partial charge in [0.25, 0.3) is 0 Å². The Kier molecular flexibility index (Phi) is 5.20. The Labute approximate surface area is 248 Å². The number of hydrogen-bond donors (Lipinski definition) is 0. The first kappa shape index (κ1) is 23.6. The van der Waals surface area contributed by atoms with Gasteiger partial charge in [-0.1, -0.05) is 121 Å². The second kappa shape index (κ2) is 9.24. The summed E-state index contributed by atoms with van der Waals surface area (Å²) in [7, 11) is 0. The monoisotopic (exact) mass is 551 g/mol. The van der Waals surface area contributed by atoms with E-state index in [1.165, 1.54) is 81.4 Å². The van der Waals surface area contributed by atoms with Gasteiger partial charge in [0.1, 0.15) is 0 Å². The molecule has 42 heavy (non-hydrogen) atoms. The molecule has 1 aliphatic heterocycles. The van der Waals surface area contributed by atoms with Crippen LogP contribution in [0.2, 0.25) is 0 Å². The fourth-order valence-corrected chi connectivity index (χ4v) is 7.73. The molecular weight excluding hydrogens is 527 g/mol. The molecule has 0 atom stereocenters. The Morgan fingerprint density at radius 1 is 0.405 bits per heavy atom. The SMILES string of the molecule is c1ccc(-n2c3ccccc3c3ccc(-c4ccc(-c5ccc6c(c5)-c5cccc7cccc(c57)S6)cc4)cc32)cc1. The highest BCUT2D eigenvalue weighted by Crippen LogP contribution is 2.48. The van der Waals surface area contributed by atoms with E-state index in [9.17, 15) is 0 Å². The first-order chi connectivity index (χ1) is 20.8. The standard InChI is InChI=1S/C40H25NS/c1-2-10-31(11-3-1)41-36-14-5-4-12-32(36)33-22-20-30(25-37(33)41)27-18-16-26(17-19-27)29-21-23-38-35(24-29)34-13-6-8-28-9-7-15-39(42-38)40(28)34/h1-25H. The van der Waals surface area contributed by atoms with Crippen molar-refractivity contribution in [1.82, 2.24) is 4.57 Å². The van der Waals surface area contributed by atoms with Crippen LogP contribution in [0.4, 0.5) is 0 Å². The number of fused-ring (bicyclic) bond motifs is 5. The van der Waals surface area contributed by atoms with Crippen LogP contribution in [-0.2, 0) is 0 Å². The zero-order valence-corrected chi connectivity index (χ0v) is 23.6. The molecule has 2 heteroatoms. The molecule has 0 fully saturated rings.